The Morgan fingerprint density at radius 3 is 2.50 bits per heavy atom. The molecule has 2 heterocycles. The molecule has 0 amide bonds. The number of ketones is 2. The summed E-state index contributed by atoms with van der Waals surface area (Å²) in [5.74, 6) is 0.484. The number of allylic oxidation sites excluding steroid dienone is 1. The van der Waals surface area contributed by atoms with Gasteiger partial charge in [0.2, 0.25) is 6.79 Å². The maximum Gasteiger partial charge on any atom is 0.279 e. The Kier molecular flexibility index (Phi) is 5.18. The highest BCUT2D eigenvalue weighted by Crippen LogP contribution is 2.46. The number of hydrogen-bond donors (Lipinski definition) is 2. The monoisotopic (exact) mass is 483 g/mol. The molecule has 3 aromatic rings. The lowest BCUT2D eigenvalue weighted by Crippen LogP contribution is -2.24. The van der Waals surface area contributed by atoms with Crippen molar-refractivity contribution in [3.05, 3.63) is 98.7 Å². The van der Waals surface area contributed by atoms with Crippen LogP contribution in [0.1, 0.15) is 46.8 Å². The summed E-state index contributed by atoms with van der Waals surface area (Å²) in [4.78, 5) is 37.8. The molecule has 3 aliphatic rings. The number of fused-ring (bicyclic) bond motifs is 2. The average Bonchev–Trinajstić information content (AvgIpc) is 3.28. The minimum absolute atomic E-state index is 0.0243. The molecule has 1 unspecified atom stereocenters. The van der Waals surface area contributed by atoms with Crippen LogP contribution in [0.4, 0.5) is 17.1 Å². The highest BCUT2D eigenvalue weighted by Gasteiger charge is 2.37. The van der Waals surface area contributed by atoms with E-state index in [0.29, 0.717) is 70.1 Å². The Hall–Kier alpha value is -4.66. The van der Waals surface area contributed by atoms with E-state index in [1.165, 1.54) is 6.07 Å². The molecule has 6 rings (SSSR count). The second-order valence-corrected chi connectivity index (χ2v) is 8.85. The lowest BCUT2D eigenvalue weighted by molar-refractivity contribution is -0.385. The van der Waals surface area contributed by atoms with E-state index in [9.17, 15) is 19.7 Å². The molecule has 0 saturated carbocycles. The van der Waals surface area contributed by atoms with E-state index in [0.717, 1.165) is 0 Å². The molecule has 9 nitrogen and oxygen atoms in total. The van der Waals surface area contributed by atoms with E-state index in [1.54, 1.807) is 36.4 Å². The van der Waals surface area contributed by atoms with Gasteiger partial charge in [-0.25, -0.2) is 0 Å². The van der Waals surface area contributed by atoms with Crippen LogP contribution in [0.5, 0.6) is 11.5 Å². The van der Waals surface area contributed by atoms with Crippen LogP contribution >= 0.6 is 0 Å². The van der Waals surface area contributed by atoms with Gasteiger partial charge in [0.15, 0.2) is 23.1 Å². The normalized spacial score (nSPS) is 17.9. The summed E-state index contributed by atoms with van der Waals surface area (Å²) in [6, 6.07) is 16.3. The number of hydrogen-bond acceptors (Lipinski definition) is 8. The van der Waals surface area contributed by atoms with E-state index in [1.807, 2.05) is 18.2 Å². The fourth-order valence-electron chi connectivity index (χ4n) is 4.96. The summed E-state index contributed by atoms with van der Waals surface area (Å²) in [7, 11) is 0. The van der Waals surface area contributed by atoms with Crippen LogP contribution in [-0.4, -0.2) is 23.3 Å². The number of ether oxygens (including phenoxy) is 2. The molecule has 3 aromatic carbocycles. The van der Waals surface area contributed by atoms with Crippen molar-refractivity contribution >= 4 is 28.6 Å². The number of carbonyl (C=O) groups excluding carboxylic acids is 2. The van der Waals surface area contributed by atoms with E-state index >= 15 is 0 Å². The molecule has 0 fully saturated rings. The summed E-state index contributed by atoms with van der Waals surface area (Å²) in [6.07, 6.45) is 1.62. The predicted octanol–water partition coefficient (Wildman–Crippen LogP) is 5.14. The third-order valence-corrected chi connectivity index (χ3v) is 6.68. The number of nitrogens with one attached hydrogen (secondary N) is 2. The molecule has 9 heteroatoms. The Morgan fingerprint density at radius 2 is 1.72 bits per heavy atom. The number of anilines is 2. The predicted molar refractivity (Wildman–Crippen MR) is 131 cm³/mol. The maximum absolute atomic E-state index is 13.2. The Morgan fingerprint density at radius 1 is 0.944 bits per heavy atom. The minimum atomic E-state index is -0.785. The van der Waals surface area contributed by atoms with E-state index in [2.05, 4.69) is 10.6 Å². The van der Waals surface area contributed by atoms with Crippen LogP contribution in [0.25, 0.3) is 0 Å². The summed E-state index contributed by atoms with van der Waals surface area (Å²) in [5.41, 5.74) is 3.61. The largest absolute Gasteiger partial charge is 0.454 e. The summed E-state index contributed by atoms with van der Waals surface area (Å²) < 4.78 is 10.8. The van der Waals surface area contributed by atoms with Crippen LogP contribution in [-0.2, 0) is 4.79 Å². The van der Waals surface area contributed by atoms with Gasteiger partial charge in [0.25, 0.3) is 5.69 Å². The topological polar surface area (TPSA) is 120 Å². The quantitative estimate of drug-likeness (QED) is 0.297. The zero-order valence-electron chi connectivity index (χ0n) is 19.1. The summed E-state index contributed by atoms with van der Waals surface area (Å²) in [5, 5.41) is 18.7. The first kappa shape index (κ1) is 21.8. The molecule has 2 N–H and O–H groups in total. The minimum Gasteiger partial charge on any atom is -0.454 e. The Bertz CT molecular complexity index is 1460. The molecule has 0 saturated heterocycles. The molecule has 1 atom stereocenters. The lowest BCUT2D eigenvalue weighted by atomic mass is 9.86. The highest BCUT2D eigenvalue weighted by molar-refractivity contribution is 6.10. The third-order valence-electron chi connectivity index (χ3n) is 6.68. The molecule has 0 radical (unpaired) electrons. The van der Waals surface area contributed by atoms with Crippen molar-refractivity contribution in [3.63, 3.8) is 0 Å². The van der Waals surface area contributed by atoms with Crippen molar-refractivity contribution < 1.29 is 24.0 Å². The van der Waals surface area contributed by atoms with Crippen LogP contribution < -0.4 is 20.1 Å². The molecule has 0 bridgehead atoms. The second kappa shape index (κ2) is 8.53. The molecule has 1 aliphatic carbocycles. The van der Waals surface area contributed by atoms with Gasteiger partial charge in [0.05, 0.1) is 34.0 Å². The van der Waals surface area contributed by atoms with Gasteiger partial charge in [-0.15, -0.1) is 0 Å². The van der Waals surface area contributed by atoms with Crippen LogP contribution in [0, 0.1) is 10.1 Å². The van der Waals surface area contributed by atoms with Gasteiger partial charge in [-0.2, -0.15) is 0 Å². The number of nitrogens with zero attached hydrogens (tertiary/aromatic N) is 1. The highest BCUT2D eigenvalue weighted by atomic mass is 16.7. The van der Waals surface area contributed by atoms with Gasteiger partial charge in [0, 0.05) is 28.8 Å². The number of carbonyl (C=O) groups is 2. The van der Waals surface area contributed by atoms with Gasteiger partial charge in [-0.1, -0.05) is 30.3 Å². The van der Waals surface area contributed by atoms with Gasteiger partial charge in [-0.05, 0) is 37.1 Å². The van der Waals surface area contributed by atoms with Crippen LogP contribution in [0.15, 0.2) is 71.9 Å². The second-order valence-electron chi connectivity index (χ2n) is 8.85. The van der Waals surface area contributed by atoms with Gasteiger partial charge in [-0.3, -0.25) is 19.7 Å². The van der Waals surface area contributed by atoms with Crippen molar-refractivity contribution in [1.82, 2.24) is 0 Å². The van der Waals surface area contributed by atoms with Crippen molar-refractivity contribution in [3.8, 4) is 11.5 Å². The van der Waals surface area contributed by atoms with E-state index in [4.69, 9.17) is 9.47 Å². The first-order valence-corrected chi connectivity index (χ1v) is 11.6. The standard InChI is InChI=1S/C27H21N3O6/c31-22-8-4-7-19-25(22)26(17-12-23-24(36-14-35-23)13-21(17)30(33)34)29-18-10-9-16(11-20(18)28-19)27(32)15-5-2-1-3-6-15/h1-3,5-6,9-13,26,28-29H,4,7-8,14H2. The van der Waals surface area contributed by atoms with E-state index in [-0.39, 0.29) is 24.0 Å². The van der Waals surface area contributed by atoms with Gasteiger partial charge in [0.1, 0.15) is 0 Å². The summed E-state index contributed by atoms with van der Waals surface area (Å²) in [6.45, 7) is -0.0243. The van der Waals surface area contributed by atoms with Crippen LogP contribution in [0.3, 0.4) is 0 Å². The van der Waals surface area contributed by atoms with Gasteiger partial charge < -0.3 is 20.1 Å². The SMILES string of the molecule is O=C1CCCC2=C1C(c1cc3c(cc1[N+](=O)[O-])OCO3)Nc1ccc(C(=O)c3ccccc3)cc1N2. The van der Waals surface area contributed by atoms with Crippen molar-refractivity contribution in [2.24, 2.45) is 0 Å². The average molecular weight is 483 g/mol. The molecule has 36 heavy (non-hydrogen) atoms. The number of benzene rings is 3. The Labute approximate surface area is 205 Å². The molecule has 0 aromatic heterocycles. The third kappa shape index (κ3) is 3.65. The van der Waals surface area contributed by atoms with Crippen LogP contribution in [0.2, 0.25) is 0 Å². The molecule has 180 valence electrons. The molecule has 2 aliphatic heterocycles. The van der Waals surface area contributed by atoms with Crippen molar-refractivity contribution in [2.45, 2.75) is 25.3 Å². The zero-order valence-corrected chi connectivity index (χ0v) is 19.1. The fraction of sp³-hybridized carbons (Fsp3) is 0.185. The number of nitro groups is 1. The first-order valence-electron chi connectivity index (χ1n) is 11.6. The zero-order chi connectivity index (χ0) is 24.8. The summed E-state index contributed by atoms with van der Waals surface area (Å²) >= 11 is 0. The molecular formula is C27H21N3O6. The lowest BCUT2D eigenvalue weighted by Gasteiger charge is -2.25. The maximum atomic E-state index is 13.2. The number of Topliss-reactive ketones (excluding diaryl/α,β-unsaturated/α-hetero) is 1. The van der Waals surface area contributed by atoms with Crippen molar-refractivity contribution in [2.75, 3.05) is 17.4 Å². The van der Waals surface area contributed by atoms with E-state index < -0.39 is 11.0 Å². The molecular weight excluding hydrogens is 462 g/mol. The smallest absolute Gasteiger partial charge is 0.279 e. The first-order chi connectivity index (χ1) is 17.5. The number of nitro benzene ring substituents is 1. The fourth-order valence-corrected chi connectivity index (χ4v) is 4.96. The number of rotatable bonds is 4. The van der Waals surface area contributed by atoms with Gasteiger partial charge >= 0.3 is 0 Å². The van der Waals surface area contributed by atoms with Crippen molar-refractivity contribution in [1.29, 1.82) is 0 Å². The molecule has 0 spiro atoms. The Balaban J connectivity index is 1.48.